The van der Waals surface area contributed by atoms with Crippen LogP contribution in [0.3, 0.4) is 0 Å². The van der Waals surface area contributed by atoms with Crippen LogP contribution in [0.5, 0.6) is 0 Å². The van der Waals surface area contributed by atoms with Crippen LogP contribution < -0.4 is 16.2 Å². The van der Waals surface area contributed by atoms with Gasteiger partial charge < -0.3 is 5.32 Å². The van der Waals surface area contributed by atoms with Gasteiger partial charge in [-0.1, -0.05) is 60.7 Å². The van der Waals surface area contributed by atoms with Gasteiger partial charge in [0, 0.05) is 17.3 Å². The van der Waals surface area contributed by atoms with E-state index in [1.807, 2.05) is 60.7 Å². The maximum absolute atomic E-state index is 12.2. The van der Waals surface area contributed by atoms with Crippen molar-refractivity contribution in [3.8, 4) is 0 Å². The number of hydrogen-bond donors (Lipinski definition) is 3. The van der Waals surface area contributed by atoms with E-state index in [2.05, 4.69) is 16.2 Å². The van der Waals surface area contributed by atoms with E-state index in [1.54, 1.807) is 30.3 Å². The molecule has 3 N–H and O–H groups in total. The Kier molecular flexibility index (Phi) is 7.11. The van der Waals surface area contributed by atoms with Crippen molar-refractivity contribution in [2.24, 2.45) is 0 Å². The van der Waals surface area contributed by atoms with Crippen LogP contribution >= 0.6 is 0 Å². The van der Waals surface area contributed by atoms with Crippen LogP contribution in [0.4, 0.5) is 5.69 Å². The van der Waals surface area contributed by atoms with Crippen LogP contribution in [-0.4, -0.2) is 17.7 Å². The number of anilines is 1. The molecule has 0 atom stereocenters. The van der Waals surface area contributed by atoms with Gasteiger partial charge in [-0.25, -0.2) is 0 Å². The minimum atomic E-state index is -0.446. The van der Waals surface area contributed by atoms with Gasteiger partial charge in [-0.15, -0.1) is 0 Å². The number of amides is 3. The van der Waals surface area contributed by atoms with Crippen LogP contribution in [0, 0.1) is 0 Å². The average molecular weight is 399 g/mol. The van der Waals surface area contributed by atoms with Crippen LogP contribution in [-0.2, 0) is 16.0 Å². The highest BCUT2D eigenvalue weighted by Gasteiger charge is 2.08. The van der Waals surface area contributed by atoms with Gasteiger partial charge in [0.15, 0.2) is 0 Å². The molecule has 3 rings (SSSR count). The summed E-state index contributed by atoms with van der Waals surface area (Å²) in [5.41, 5.74) is 7.46. The summed E-state index contributed by atoms with van der Waals surface area (Å²) >= 11 is 0. The third-order valence-corrected chi connectivity index (χ3v) is 4.16. The molecule has 3 amide bonds. The summed E-state index contributed by atoms with van der Waals surface area (Å²) in [6, 6.07) is 25.1. The summed E-state index contributed by atoms with van der Waals surface area (Å²) in [4.78, 5) is 36.1. The van der Waals surface area contributed by atoms with Crippen molar-refractivity contribution in [1.82, 2.24) is 10.9 Å². The van der Waals surface area contributed by atoms with Gasteiger partial charge in [0.05, 0.1) is 6.42 Å². The van der Waals surface area contributed by atoms with Crippen molar-refractivity contribution in [1.29, 1.82) is 0 Å². The first-order chi connectivity index (χ1) is 14.6. The highest BCUT2D eigenvalue weighted by Crippen LogP contribution is 2.10. The summed E-state index contributed by atoms with van der Waals surface area (Å²) in [5, 5.41) is 2.73. The highest BCUT2D eigenvalue weighted by atomic mass is 16.2. The van der Waals surface area contributed by atoms with Gasteiger partial charge in [-0.3, -0.25) is 25.2 Å². The number of hydrogen-bond acceptors (Lipinski definition) is 3. The summed E-state index contributed by atoms with van der Waals surface area (Å²) < 4.78 is 0. The van der Waals surface area contributed by atoms with Gasteiger partial charge in [-0.05, 0) is 41.5 Å². The van der Waals surface area contributed by atoms with Crippen molar-refractivity contribution in [3.05, 3.63) is 108 Å². The normalized spacial score (nSPS) is 10.4. The molecule has 0 aliphatic heterocycles. The summed E-state index contributed by atoms with van der Waals surface area (Å²) in [7, 11) is 0. The first-order valence-corrected chi connectivity index (χ1v) is 9.37. The molecule has 0 aliphatic rings. The number of rotatable bonds is 6. The van der Waals surface area contributed by atoms with Gasteiger partial charge in [0.1, 0.15) is 0 Å². The van der Waals surface area contributed by atoms with Crippen LogP contribution in [0.1, 0.15) is 21.5 Å². The fourth-order valence-electron chi connectivity index (χ4n) is 2.65. The van der Waals surface area contributed by atoms with Gasteiger partial charge >= 0.3 is 0 Å². The molecule has 30 heavy (non-hydrogen) atoms. The lowest BCUT2D eigenvalue weighted by Crippen LogP contribution is -2.42. The zero-order chi connectivity index (χ0) is 21.2. The molecule has 3 aromatic rings. The first kappa shape index (κ1) is 20.5. The Balaban J connectivity index is 1.47. The third-order valence-electron chi connectivity index (χ3n) is 4.16. The molecule has 6 heteroatoms. The molecule has 0 spiro atoms. The Morgan fingerprint density at radius 3 is 2.03 bits per heavy atom. The monoisotopic (exact) mass is 399 g/mol. The van der Waals surface area contributed by atoms with Crippen molar-refractivity contribution < 1.29 is 14.4 Å². The number of carbonyl (C=O) groups excluding carboxylic acids is 3. The fourth-order valence-corrected chi connectivity index (χ4v) is 2.65. The zero-order valence-electron chi connectivity index (χ0n) is 16.2. The number of nitrogens with one attached hydrogen (secondary N) is 3. The molecule has 0 radical (unpaired) electrons. The third kappa shape index (κ3) is 6.45. The molecule has 0 saturated carbocycles. The lowest BCUT2D eigenvalue weighted by molar-refractivity contribution is -0.121. The number of hydrazine groups is 1. The minimum Gasteiger partial charge on any atom is -0.323 e. The molecule has 0 saturated heterocycles. The number of carbonyl (C=O) groups is 3. The molecular weight excluding hydrogens is 378 g/mol. The predicted molar refractivity (Wildman–Crippen MR) is 116 cm³/mol. The van der Waals surface area contributed by atoms with Crippen LogP contribution in [0.2, 0.25) is 0 Å². The molecule has 0 bridgehead atoms. The first-order valence-electron chi connectivity index (χ1n) is 9.37. The average Bonchev–Trinajstić information content (AvgIpc) is 2.78. The van der Waals surface area contributed by atoms with Crippen LogP contribution in [0.25, 0.3) is 6.08 Å². The quantitative estimate of drug-likeness (QED) is 0.439. The number of benzene rings is 3. The summed E-state index contributed by atoms with van der Waals surface area (Å²) in [5.74, 6) is -1.04. The zero-order valence-corrected chi connectivity index (χ0v) is 16.2. The van der Waals surface area contributed by atoms with E-state index in [0.29, 0.717) is 11.3 Å². The maximum atomic E-state index is 12.2. The molecule has 0 heterocycles. The summed E-state index contributed by atoms with van der Waals surface area (Å²) in [6.45, 7) is 0. The largest absolute Gasteiger partial charge is 0.323 e. The van der Waals surface area contributed by atoms with Gasteiger partial charge in [0.25, 0.3) is 5.91 Å². The lowest BCUT2D eigenvalue weighted by Gasteiger charge is -2.08. The fraction of sp³-hybridized carbons (Fsp3) is 0.0417. The van der Waals surface area contributed by atoms with Crippen molar-refractivity contribution in [2.45, 2.75) is 6.42 Å². The molecule has 6 nitrogen and oxygen atoms in total. The van der Waals surface area contributed by atoms with E-state index >= 15 is 0 Å². The second kappa shape index (κ2) is 10.4. The molecule has 0 aliphatic carbocycles. The molecular formula is C24H21N3O3. The van der Waals surface area contributed by atoms with Gasteiger partial charge in [-0.2, -0.15) is 0 Å². The molecule has 0 aromatic heterocycles. The predicted octanol–water partition coefficient (Wildman–Crippen LogP) is 3.34. The van der Waals surface area contributed by atoms with E-state index < -0.39 is 5.91 Å². The van der Waals surface area contributed by atoms with Gasteiger partial charge in [0.2, 0.25) is 11.8 Å². The molecule has 0 unspecified atom stereocenters. The smallest absolute Gasteiger partial charge is 0.269 e. The van der Waals surface area contributed by atoms with Crippen molar-refractivity contribution in [2.75, 3.05) is 5.32 Å². The Hall–Kier alpha value is -4.19. The Morgan fingerprint density at radius 1 is 0.733 bits per heavy atom. The minimum absolute atomic E-state index is 0.169. The Labute approximate surface area is 174 Å². The standard InChI is InChI=1S/C24H21N3O3/c28-22(16-11-18-7-3-1-4-8-18)25-21-14-12-20(13-15-21)24(30)27-26-23(29)17-19-9-5-2-6-10-19/h1-16H,17H2,(H,25,28)(H,26,29)(H,27,30)/b16-11+. The highest BCUT2D eigenvalue weighted by molar-refractivity contribution is 6.02. The van der Waals surface area contributed by atoms with E-state index in [1.165, 1.54) is 6.08 Å². The van der Waals surface area contributed by atoms with Crippen molar-refractivity contribution in [3.63, 3.8) is 0 Å². The van der Waals surface area contributed by atoms with E-state index in [-0.39, 0.29) is 18.2 Å². The van der Waals surface area contributed by atoms with E-state index in [0.717, 1.165) is 11.1 Å². The Bertz CT molecular complexity index is 1030. The summed E-state index contributed by atoms with van der Waals surface area (Å²) in [6.07, 6.45) is 3.33. The second-order valence-electron chi connectivity index (χ2n) is 6.48. The van der Waals surface area contributed by atoms with Crippen molar-refractivity contribution >= 4 is 29.5 Å². The lowest BCUT2D eigenvalue weighted by atomic mass is 10.1. The molecule has 150 valence electrons. The van der Waals surface area contributed by atoms with Crippen LogP contribution in [0.15, 0.2) is 91.0 Å². The second-order valence-corrected chi connectivity index (χ2v) is 6.48. The molecule has 0 fully saturated rings. The molecule has 3 aromatic carbocycles. The van der Waals surface area contributed by atoms with E-state index in [9.17, 15) is 14.4 Å². The SMILES string of the molecule is O=C(/C=C/c1ccccc1)Nc1ccc(C(=O)NNC(=O)Cc2ccccc2)cc1. The topological polar surface area (TPSA) is 87.3 Å². The maximum Gasteiger partial charge on any atom is 0.269 e. The Morgan fingerprint density at radius 2 is 1.37 bits per heavy atom. The van der Waals surface area contributed by atoms with E-state index in [4.69, 9.17) is 0 Å².